The van der Waals surface area contributed by atoms with E-state index in [1.54, 1.807) is 11.0 Å². The van der Waals surface area contributed by atoms with E-state index >= 15 is 0 Å². The van der Waals surface area contributed by atoms with Crippen molar-refractivity contribution in [1.29, 1.82) is 0 Å². The van der Waals surface area contributed by atoms with E-state index < -0.39 is 18.4 Å². The number of aromatic nitrogens is 1. The van der Waals surface area contributed by atoms with Gasteiger partial charge in [0.1, 0.15) is 5.60 Å². The van der Waals surface area contributed by atoms with Crippen molar-refractivity contribution in [2.75, 3.05) is 32.8 Å². The van der Waals surface area contributed by atoms with Gasteiger partial charge in [-0.1, -0.05) is 6.07 Å². The summed E-state index contributed by atoms with van der Waals surface area (Å²) >= 11 is 0. The molecule has 0 aliphatic carbocycles. The molecule has 0 unspecified atom stereocenters. The summed E-state index contributed by atoms with van der Waals surface area (Å²) in [4.78, 5) is 19.8. The lowest BCUT2D eigenvalue weighted by Crippen LogP contribution is -2.72. The van der Waals surface area contributed by atoms with Gasteiger partial charge in [-0.25, -0.2) is 9.78 Å². The van der Waals surface area contributed by atoms with Crippen molar-refractivity contribution in [1.82, 2.24) is 14.8 Å². The largest absolute Gasteiger partial charge is 0.468 e. The molecule has 1 aromatic heterocycles. The Balaban J connectivity index is 1.39. The number of hydrogen-bond donors (Lipinski definition) is 0. The summed E-state index contributed by atoms with van der Waals surface area (Å²) in [6, 6.07) is 3.17. The molecule has 2 aliphatic heterocycles. The van der Waals surface area contributed by atoms with Gasteiger partial charge in [0.2, 0.25) is 5.88 Å². The molecule has 0 radical (unpaired) electrons. The highest BCUT2D eigenvalue weighted by Gasteiger charge is 2.53. The molecular formula is C18H24F3N3O3. The van der Waals surface area contributed by atoms with Crippen molar-refractivity contribution in [2.45, 2.75) is 39.1 Å². The van der Waals surface area contributed by atoms with Gasteiger partial charge in [-0.3, -0.25) is 4.90 Å². The van der Waals surface area contributed by atoms with Crippen LogP contribution in [0.4, 0.5) is 18.0 Å². The first-order valence-corrected chi connectivity index (χ1v) is 8.78. The van der Waals surface area contributed by atoms with Gasteiger partial charge in [-0.05, 0) is 26.3 Å². The first-order valence-electron chi connectivity index (χ1n) is 8.78. The van der Waals surface area contributed by atoms with Gasteiger partial charge < -0.3 is 14.4 Å². The molecule has 2 fully saturated rings. The smallest absolute Gasteiger partial charge is 0.422 e. The van der Waals surface area contributed by atoms with Crippen LogP contribution in [0.5, 0.6) is 5.88 Å². The Labute approximate surface area is 156 Å². The predicted molar refractivity (Wildman–Crippen MR) is 91.3 cm³/mol. The highest BCUT2D eigenvalue weighted by Crippen LogP contribution is 2.40. The Bertz CT molecular complexity index is 672. The van der Waals surface area contributed by atoms with Gasteiger partial charge in [0.05, 0.1) is 0 Å². The third-order valence-electron chi connectivity index (χ3n) is 4.41. The fourth-order valence-corrected chi connectivity index (χ4v) is 3.44. The monoisotopic (exact) mass is 387 g/mol. The molecule has 1 spiro atoms. The fraction of sp³-hybridized carbons (Fsp3) is 0.667. The highest BCUT2D eigenvalue weighted by atomic mass is 19.4. The summed E-state index contributed by atoms with van der Waals surface area (Å²) in [5, 5.41) is 0. The van der Waals surface area contributed by atoms with Crippen molar-refractivity contribution in [3.05, 3.63) is 23.9 Å². The second-order valence-corrected chi connectivity index (χ2v) is 8.39. The van der Waals surface area contributed by atoms with Crippen molar-refractivity contribution in [3.63, 3.8) is 0 Å². The second kappa shape index (κ2) is 6.85. The SMILES string of the molecule is CC(C)(C)OC(=O)N1CC2(CN(Cc3ccc(OCC(F)(F)F)nc3)C2)C1. The second-order valence-electron chi connectivity index (χ2n) is 8.39. The van der Waals surface area contributed by atoms with Crippen LogP contribution in [0.1, 0.15) is 26.3 Å². The van der Waals surface area contributed by atoms with E-state index in [-0.39, 0.29) is 17.4 Å². The number of rotatable bonds is 4. The molecule has 0 bridgehead atoms. The Kier molecular flexibility index (Phi) is 5.00. The summed E-state index contributed by atoms with van der Waals surface area (Å²) in [5.41, 5.74) is 0.557. The van der Waals surface area contributed by atoms with Crippen LogP contribution < -0.4 is 4.74 Å². The molecule has 9 heteroatoms. The first kappa shape index (κ1) is 19.7. The normalized spacial score (nSPS) is 19.4. The maximum Gasteiger partial charge on any atom is 0.422 e. The number of nitrogens with zero attached hydrogens (tertiary/aromatic N) is 3. The minimum atomic E-state index is -4.37. The molecule has 0 aromatic carbocycles. The number of carbonyl (C=O) groups is 1. The van der Waals surface area contributed by atoms with E-state index in [9.17, 15) is 18.0 Å². The molecule has 2 aliphatic rings. The van der Waals surface area contributed by atoms with Gasteiger partial charge in [0.15, 0.2) is 6.61 Å². The maximum atomic E-state index is 12.1. The van der Waals surface area contributed by atoms with Crippen LogP contribution >= 0.6 is 0 Å². The number of carbonyl (C=O) groups excluding carboxylic acids is 1. The summed E-state index contributed by atoms with van der Waals surface area (Å²) in [7, 11) is 0. The molecule has 1 aromatic rings. The van der Waals surface area contributed by atoms with Gasteiger partial charge in [-0.2, -0.15) is 13.2 Å². The van der Waals surface area contributed by atoms with E-state index in [1.807, 2.05) is 20.8 Å². The predicted octanol–water partition coefficient (Wildman–Crippen LogP) is 3.08. The van der Waals surface area contributed by atoms with Crippen molar-refractivity contribution < 1.29 is 27.4 Å². The van der Waals surface area contributed by atoms with E-state index in [1.165, 1.54) is 12.3 Å². The van der Waals surface area contributed by atoms with Crippen LogP contribution in [0.3, 0.4) is 0 Å². The molecule has 1 amide bonds. The third-order valence-corrected chi connectivity index (χ3v) is 4.41. The van der Waals surface area contributed by atoms with Crippen LogP contribution in [0.25, 0.3) is 0 Å². The molecule has 6 nitrogen and oxygen atoms in total. The first-order chi connectivity index (χ1) is 12.4. The zero-order valence-electron chi connectivity index (χ0n) is 15.7. The minimum absolute atomic E-state index is 0.0387. The lowest BCUT2D eigenvalue weighted by atomic mass is 9.73. The van der Waals surface area contributed by atoms with E-state index in [4.69, 9.17) is 4.74 Å². The van der Waals surface area contributed by atoms with Crippen molar-refractivity contribution in [2.24, 2.45) is 5.41 Å². The lowest BCUT2D eigenvalue weighted by Gasteiger charge is -2.60. The Morgan fingerprint density at radius 3 is 2.37 bits per heavy atom. The average Bonchev–Trinajstić information content (AvgIpc) is 2.44. The lowest BCUT2D eigenvalue weighted by molar-refractivity contribution is -0.154. The topological polar surface area (TPSA) is 54.9 Å². The highest BCUT2D eigenvalue weighted by molar-refractivity contribution is 5.69. The maximum absolute atomic E-state index is 12.1. The minimum Gasteiger partial charge on any atom is -0.468 e. The van der Waals surface area contributed by atoms with E-state index in [0.717, 1.165) is 18.7 Å². The third kappa shape index (κ3) is 5.24. The molecule has 3 heterocycles. The Hall–Kier alpha value is -2.03. The Morgan fingerprint density at radius 2 is 1.85 bits per heavy atom. The number of ether oxygens (including phenoxy) is 2. The average molecular weight is 387 g/mol. The molecule has 150 valence electrons. The Morgan fingerprint density at radius 1 is 1.19 bits per heavy atom. The van der Waals surface area contributed by atoms with Crippen molar-refractivity contribution in [3.8, 4) is 5.88 Å². The van der Waals surface area contributed by atoms with Crippen molar-refractivity contribution >= 4 is 6.09 Å². The molecule has 3 rings (SSSR count). The van der Waals surface area contributed by atoms with Crippen LogP contribution in [0.15, 0.2) is 18.3 Å². The van der Waals surface area contributed by atoms with Gasteiger partial charge >= 0.3 is 12.3 Å². The number of amides is 1. The van der Waals surface area contributed by atoms with Crippen LogP contribution in [-0.2, 0) is 11.3 Å². The summed E-state index contributed by atoms with van der Waals surface area (Å²) in [5.74, 6) is -0.0387. The quantitative estimate of drug-likeness (QED) is 0.795. The van der Waals surface area contributed by atoms with Gasteiger partial charge in [0.25, 0.3) is 0 Å². The number of alkyl halides is 3. The van der Waals surface area contributed by atoms with Gasteiger partial charge in [-0.15, -0.1) is 0 Å². The van der Waals surface area contributed by atoms with Crippen LogP contribution in [0.2, 0.25) is 0 Å². The molecule has 0 atom stereocenters. The summed E-state index contributed by atoms with van der Waals surface area (Å²) in [6.07, 6.45) is -3.11. The molecule has 27 heavy (non-hydrogen) atoms. The van der Waals surface area contributed by atoms with Gasteiger partial charge in [0, 0.05) is 50.4 Å². The number of halogens is 3. The van der Waals surface area contributed by atoms with Crippen LogP contribution in [-0.4, -0.2) is 65.4 Å². The molecule has 0 N–H and O–H groups in total. The molecule has 0 saturated carbocycles. The van der Waals surface area contributed by atoms with Crippen LogP contribution in [0, 0.1) is 5.41 Å². The molecule has 2 saturated heterocycles. The molecular weight excluding hydrogens is 363 g/mol. The fourth-order valence-electron chi connectivity index (χ4n) is 3.44. The zero-order valence-corrected chi connectivity index (χ0v) is 15.7. The van der Waals surface area contributed by atoms with E-state index in [2.05, 4.69) is 14.6 Å². The summed E-state index contributed by atoms with van der Waals surface area (Å²) in [6.45, 7) is 8.00. The number of hydrogen-bond acceptors (Lipinski definition) is 5. The summed E-state index contributed by atoms with van der Waals surface area (Å²) < 4.78 is 46.3. The van der Waals surface area contributed by atoms with E-state index in [0.29, 0.717) is 19.6 Å². The zero-order chi connectivity index (χ0) is 19.9. The number of pyridine rings is 1. The number of likely N-dealkylation sites (tertiary alicyclic amines) is 2. The standard InChI is InChI=1S/C18H24F3N3O3/c1-16(2,3)27-15(25)24-10-17(11-24)8-23(9-17)7-13-4-5-14(22-6-13)26-12-18(19,20)21/h4-6H,7-12H2,1-3H3.